The van der Waals surface area contributed by atoms with Crippen molar-refractivity contribution in [2.24, 2.45) is 0 Å². The van der Waals surface area contributed by atoms with Gasteiger partial charge in [0.2, 0.25) is 0 Å². The molecule has 1 rings (SSSR count). The maximum absolute atomic E-state index is 10.7. The first-order valence-electron chi connectivity index (χ1n) is 4.91. The number of aryl methyl sites for hydroxylation is 1. The normalized spacial score (nSPS) is 10.7. The average Bonchev–Trinajstić information content (AvgIpc) is 2.15. The summed E-state index contributed by atoms with van der Waals surface area (Å²) in [5, 5.41) is 0. The van der Waals surface area contributed by atoms with Crippen molar-refractivity contribution in [1.29, 1.82) is 0 Å². The minimum Gasteiger partial charge on any atom is -0.300 e. The predicted octanol–water partition coefficient (Wildman–Crippen LogP) is 3.38. The van der Waals surface area contributed by atoms with Gasteiger partial charge in [0.15, 0.2) is 0 Å². The van der Waals surface area contributed by atoms with Gasteiger partial charge in [-0.1, -0.05) is 42.0 Å². The Labute approximate surface area is 85.5 Å². The first-order chi connectivity index (χ1) is 6.68. The van der Waals surface area contributed by atoms with E-state index in [1.165, 1.54) is 11.1 Å². The predicted molar refractivity (Wildman–Crippen MR) is 60.1 cm³/mol. The van der Waals surface area contributed by atoms with Crippen LogP contribution in [-0.2, 0) is 4.79 Å². The molecule has 0 aliphatic rings. The third kappa shape index (κ3) is 4.04. The zero-order chi connectivity index (χ0) is 10.4. The Balaban J connectivity index is 2.44. The molecule has 0 spiro atoms. The lowest BCUT2D eigenvalue weighted by molar-refractivity contribution is -0.116. The Morgan fingerprint density at radius 1 is 1.29 bits per heavy atom. The number of hydrogen-bond acceptors (Lipinski definition) is 1. The van der Waals surface area contributed by atoms with Crippen molar-refractivity contribution < 1.29 is 4.79 Å². The highest BCUT2D eigenvalue weighted by molar-refractivity contribution is 5.75. The molecular weight excluding hydrogens is 172 g/mol. The molecule has 0 radical (unpaired) electrons. The minimum atomic E-state index is 0.249. The van der Waals surface area contributed by atoms with E-state index in [-0.39, 0.29) is 5.78 Å². The van der Waals surface area contributed by atoms with Crippen molar-refractivity contribution in [3.8, 4) is 0 Å². The van der Waals surface area contributed by atoms with Crippen molar-refractivity contribution in [3.63, 3.8) is 0 Å². The number of allylic oxidation sites excluding steroid dienone is 1. The Morgan fingerprint density at radius 3 is 2.50 bits per heavy atom. The van der Waals surface area contributed by atoms with Crippen LogP contribution in [-0.4, -0.2) is 5.78 Å². The van der Waals surface area contributed by atoms with Crippen LogP contribution in [0.25, 0.3) is 6.08 Å². The third-order valence-electron chi connectivity index (χ3n) is 2.05. The van der Waals surface area contributed by atoms with Gasteiger partial charge in [-0.15, -0.1) is 0 Å². The molecule has 1 nitrogen and oxygen atoms in total. The van der Waals surface area contributed by atoms with Crippen molar-refractivity contribution in [3.05, 3.63) is 41.5 Å². The van der Waals surface area contributed by atoms with Crippen LogP contribution in [0.1, 0.15) is 30.9 Å². The summed E-state index contributed by atoms with van der Waals surface area (Å²) >= 11 is 0. The SMILES string of the molecule is CC(=O)CC/C=C\c1ccc(C)cc1. The highest BCUT2D eigenvalue weighted by atomic mass is 16.1. The smallest absolute Gasteiger partial charge is 0.130 e. The van der Waals surface area contributed by atoms with Crippen LogP contribution in [0.4, 0.5) is 0 Å². The van der Waals surface area contributed by atoms with E-state index in [1.807, 2.05) is 6.08 Å². The molecule has 0 bridgehead atoms. The molecule has 0 aliphatic carbocycles. The van der Waals surface area contributed by atoms with Gasteiger partial charge in [-0.3, -0.25) is 0 Å². The van der Waals surface area contributed by atoms with Crippen molar-refractivity contribution in [2.45, 2.75) is 26.7 Å². The monoisotopic (exact) mass is 188 g/mol. The molecule has 0 saturated heterocycles. The zero-order valence-electron chi connectivity index (χ0n) is 8.79. The molecule has 0 fully saturated rings. The van der Waals surface area contributed by atoms with Gasteiger partial charge in [0.25, 0.3) is 0 Å². The van der Waals surface area contributed by atoms with Crippen LogP contribution in [0.2, 0.25) is 0 Å². The van der Waals surface area contributed by atoms with Gasteiger partial charge in [-0.2, -0.15) is 0 Å². The van der Waals surface area contributed by atoms with Crippen LogP contribution in [0.5, 0.6) is 0 Å². The largest absolute Gasteiger partial charge is 0.300 e. The van der Waals surface area contributed by atoms with E-state index in [0.29, 0.717) is 6.42 Å². The molecule has 74 valence electrons. The quantitative estimate of drug-likeness (QED) is 0.708. The minimum absolute atomic E-state index is 0.249. The summed E-state index contributed by atoms with van der Waals surface area (Å²) < 4.78 is 0. The molecule has 1 aromatic carbocycles. The molecular formula is C13H16O. The van der Waals surface area contributed by atoms with Crippen molar-refractivity contribution in [1.82, 2.24) is 0 Å². The molecule has 1 aromatic rings. The standard InChI is InChI=1S/C13H16O/c1-11-7-9-13(10-8-11)6-4-3-5-12(2)14/h4,6-10H,3,5H2,1-2H3/b6-4-. The molecule has 0 N–H and O–H groups in total. The summed E-state index contributed by atoms with van der Waals surface area (Å²) in [5.74, 6) is 0.249. The van der Waals surface area contributed by atoms with E-state index in [0.717, 1.165) is 6.42 Å². The lowest BCUT2D eigenvalue weighted by Crippen LogP contribution is -1.86. The molecule has 0 aromatic heterocycles. The number of ketones is 1. The van der Waals surface area contributed by atoms with E-state index >= 15 is 0 Å². The van der Waals surface area contributed by atoms with E-state index in [2.05, 4.69) is 37.3 Å². The molecule has 0 saturated carbocycles. The molecule has 0 atom stereocenters. The Kier molecular flexibility index (Phi) is 4.11. The maximum atomic E-state index is 10.7. The molecule has 0 amide bonds. The first-order valence-corrected chi connectivity index (χ1v) is 4.91. The molecule has 0 aliphatic heterocycles. The van der Waals surface area contributed by atoms with Crippen LogP contribution in [0.15, 0.2) is 30.3 Å². The Morgan fingerprint density at radius 2 is 1.93 bits per heavy atom. The van der Waals surface area contributed by atoms with E-state index in [4.69, 9.17) is 0 Å². The van der Waals surface area contributed by atoms with Gasteiger partial charge in [0.1, 0.15) is 5.78 Å². The van der Waals surface area contributed by atoms with Crippen molar-refractivity contribution in [2.75, 3.05) is 0 Å². The first kappa shape index (κ1) is 10.7. The van der Waals surface area contributed by atoms with E-state index in [9.17, 15) is 4.79 Å². The maximum Gasteiger partial charge on any atom is 0.130 e. The van der Waals surface area contributed by atoms with Gasteiger partial charge < -0.3 is 4.79 Å². The number of hydrogen-bond donors (Lipinski definition) is 0. The summed E-state index contributed by atoms with van der Waals surface area (Å²) in [6.45, 7) is 3.70. The van der Waals surface area contributed by atoms with Gasteiger partial charge in [0.05, 0.1) is 0 Å². The highest BCUT2D eigenvalue weighted by Gasteiger charge is 1.89. The average molecular weight is 188 g/mol. The summed E-state index contributed by atoms with van der Waals surface area (Å²) in [7, 11) is 0. The molecule has 14 heavy (non-hydrogen) atoms. The molecule has 0 unspecified atom stereocenters. The van der Waals surface area contributed by atoms with Crippen LogP contribution in [0.3, 0.4) is 0 Å². The number of carbonyl (C=O) groups excluding carboxylic acids is 1. The van der Waals surface area contributed by atoms with Gasteiger partial charge in [-0.05, 0) is 25.8 Å². The Hall–Kier alpha value is -1.37. The zero-order valence-corrected chi connectivity index (χ0v) is 8.79. The number of carbonyl (C=O) groups is 1. The van der Waals surface area contributed by atoms with E-state index in [1.54, 1.807) is 6.92 Å². The lowest BCUT2D eigenvalue weighted by Gasteiger charge is -1.94. The van der Waals surface area contributed by atoms with Gasteiger partial charge in [0, 0.05) is 6.42 Å². The number of rotatable bonds is 4. The summed E-state index contributed by atoms with van der Waals surface area (Å²) in [6, 6.07) is 8.34. The highest BCUT2D eigenvalue weighted by Crippen LogP contribution is 2.06. The fourth-order valence-electron chi connectivity index (χ4n) is 1.18. The number of benzene rings is 1. The fourth-order valence-corrected chi connectivity index (χ4v) is 1.18. The fraction of sp³-hybridized carbons (Fsp3) is 0.308. The van der Waals surface area contributed by atoms with Crippen LogP contribution in [0, 0.1) is 6.92 Å². The van der Waals surface area contributed by atoms with Gasteiger partial charge in [-0.25, -0.2) is 0 Å². The topological polar surface area (TPSA) is 17.1 Å². The summed E-state index contributed by atoms with van der Waals surface area (Å²) in [6.07, 6.45) is 5.58. The summed E-state index contributed by atoms with van der Waals surface area (Å²) in [4.78, 5) is 10.7. The molecule has 1 heteroatoms. The van der Waals surface area contributed by atoms with Crippen LogP contribution >= 0.6 is 0 Å². The number of Topliss-reactive ketones (excluding diaryl/α,β-unsaturated/α-hetero) is 1. The third-order valence-corrected chi connectivity index (χ3v) is 2.05. The second kappa shape index (κ2) is 5.38. The van der Waals surface area contributed by atoms with Gasteiger partial charge >= 0.3 is 0 Å². The van der Waals surface area contributed by atoms with Crippen molar-refractivity contribution >= 4 is 11.9 Å². The Bertz CT molecular complexity index is 320. The van der Waals surface area contributed by atoms with E-state index < -0.39 is 0 Å². The summed E-state index contributed by atoms with van der Waals surface area (Å²) in [5.41, 5.74) is 2.46. The second-order valence-corrected chi connectivity index (χ2v) is 3.55. The second-order valence-electron chi connectivity index (χ2n) is 3.55. The molecule has 0 heterocycles. The lowest BCUT2D eigenvalue weighted by atomic mass is 10.1. The van der Waals surface area contributed by atoms with Crippen LogP contribution < -0.4 is 0 Å².